The van der Waals surface area contributed by atoms with Crippen molar-refractivity contribution in [1.82, 2.24) is 4.98 Å². The van der Waals surface area contributed by atoms with Gasteiger partial charge in [-0.3, -0.25) is 0 Å². The van der Waals surface area contributed by atoms with Crippen LogP contribution in [0.1, 0.15) is 23.5 Å². The van der Waals surface area contributed by atoms with Crippen LogP contribution in [0.3, 0.4) is 0 Å². The van der Waals surface area contributed by atoms with E-state index < -0.39 is 0 Å². The number of benzene rings is 2. The molecule has 0 spiro atoms. The lowest BCUT2D eigenvalue weighted by molar-refractivity contribution is 0.281. The Balaban J connectivity index is 2.16. The molecule has 22 heavy (non-hydrogen) atoms. The number of aromatic nitrogens is 1. The summed E-state index contributed by atoms with van der Waals surface area (Å²) >= 11 is 6.37. The lowest BCUT2D eigenvalue weighted by Crippen LogP contribution is -2.03. The number of aliphatic hydroxyl groups excluding tert-OH is 1. The first-order valence-electron chi connectivity index (χ1n) is 7.08. The van der Waals surface area contributed by atoms with Crippen molar-refractivity contribution in [3.63, 3.8) is 0 Å². The summed E-state index contributed by atoms with van der Waals surface area (Å²) in [5.74, 6) is 0.0570. The third kappa shape index (κ3) is 2.59. The minimum atomic E-state index is 0.0570. The van der Waals surface area contributed by atoms with Crippen LogP contribution < -0.4 is 0 Å². The van der Waals surface area contributed by atoms with Crippen LogP contribution in [-0.4, -0.2) is 16.7 Å². The topological polar surface area (TPSA) is 40.4 Å². The molecular formula is C18H15ClN2O. The highest BCUT2D eigenvalue weighted by Crippen LogP contribution is 2.37. The third-order valence-electron chi connectivity index (χ3n) is 3.88. The van der Waals surface area contributed by atoms with E-state index in [1.807, 2.05) is 42.5 Å². The van der Waals surface area contributed by atoms with Gasteiger partial charge in [-0.25, -0.2) is 4.85 Å². The van der Waals surface area contributed by atoms with Crippen LogP contribution in [0, 0.1) is 6.57 Å². The highest BCUT2D eigenvalue weighted by atomic mass is 35.5. The van der Waals surface area contributed by atoms with Crippen LogP contribution in [0.4, 0.5) is 5.69 Å². The van der Waals surface area contributed by atoms with Crippen LogP contribution in [0.2, 0.25) is 5.02 Å². The number of aliphatic hydroxyl groups is 1. The molecule has 1 atom stereocenters. The van der Waals surface area contributed by atoms with Gasteiger partial charge in [0.05, 0.1) is 17.1 Å². The summed E-state index contributed by atoms with van der Waals surface area (Å²) in [5, 5.41) is 10.8. The van der Waals surface area contributed by atoms with Crippen LogP contribution in [0.15, 0.2) is 48.7 Å². The van der Waals surface area contributed by atoms with Crippen LogP contribution in [-0.2, 0) is 0 Å². The summed E-state index contributed by atoms with van der Waals surface area (Å²) in [7, 11) is 0. The molecule has 1 aromatic heterocycles. The van der Waals surface area contributed by atoms with E-state index in [0.29, 0.717) is 17.1 Å². The summed E-state index contributed by atoms with van der Waals surface area (Å²) < 4.78 is 0. The second-order valence-corrected chi connectivity index (χ2v) is 5.59. The van der Waals surface area contributed by atoms with Crippen molar-refractivity contribution in [2.45, 2.75) is 12.3 Å². The Kier molecular flexibility index (Phi) is 4.15. The second-order valence-electron chi connectivity index (χ2n) is 5.19. The van der Waals surface area contributed by atoms with Crippen molar-refractivity contribution in [3.05, 3.63) is 76.2 Å². The highest BCUT2D eigenvalue weighted by Gasteiger charge is 2.17. The largest absolute Gasteiger partial charge is 0.396 e. The van der Waals surface area contributed by atoms with Gasteiger partial charge in [0, 0.05) is 24.1 Å². The maximum absolute atomic E-state index is 9.41. The Labute approximate surface area is 134 Å². The first kappa shape index (κ1) is 14.6. The van der Waals surface area contributed by atoms with Crippen molar-refractivity contribution in [2.24, 2.45) is 0 Å². The monoisotopic (exact) mass is 310 g/mol. The quantitative estimate of drug-likeness (QED) is 0.662. The summed E-state index contributed by atoms with van der Waals surface area (Å²) in [4.78, 5) is 6.58. The minimum Gasteiger partial charge on any atom is -0.396 e. The average molecular weight is 311 g/mol. The number of fused-ring (bicyclic) bond motifs is 1. The zero-order chi connectivity index (χ0) is 15.5. The molecule has 4 heteroatoms. The number of nitrogens with zero attached hydrogens (tertiary/aromatic N) is 1. The molecule has 0 radical (unpaired) electrons. The summed E-state index contributed by atoms with van der Waals surface area (Å²) in [6.07, 6.45) is 2.29. The SMILES string of the molecule is [C-]#[N+]c1c[nH]c2c(Cl)cc(C(CCO)c3ccccc3)cc12. The van der Waals surface area contributed by atoms with E-state index in [-0.39, 0.29) is 12.5 Å². The predicted molar refractivity (Wildman–Crippen MR) is 89.6 cm³/mol. The van der Waals surface area contributed by atoms with Crippen LogP contribution in [0.5, 0.6) is 0 Å². The molecule has 0 aliphatic rings. The smallest absolute Gasteiger partial charge is 0.211 e. The number of nitrogens with one attached hydrogen (secondary N) is 1. The molecule has 0 amide bonds. The average Bonchev–Trinajstić information content (AvgIpc) is 2.97. The maximum atomic E-state index is 9.41. The number of H-pyrrole nitrogens is 1. The second kappa shape index (κ2) is 6.23. The molecule has 3 rings (SSSR count). The Morgan fingerprint density at radius 2 is 1.95 bits per heavy atom. The molecule has 2 N–H and O–H groups in total. The van der Waals surface area contributed by atoms with Gasteiger partial charge in [-0.2, -0.15) is 0 Å². The van der Waals surface area contributed by atoms with E-state index in [9.17, 15) is 5.11 Å². The van der Waals surface area contributed by atoms with Crippen molar-refractivity contribution in [3.8, 4) is 0 Å². The minimum absolute atomic E-state index is 0.0570. The van der Waals surface area contributed by atoms with Gasteiger partial charge in [-0.05, 0) is 23.6 Å². The standard InChI is InChI=1S/C18H15ClN2O/c1-20-17-11-21-18-15(17)9-13(10-16(18)19)14(7-8-22)12-5-3-2-4-6-12/h2-6,9-11,14,21-22H,7-8H2. The van der Waals surface area contributed by atoms with Crippen LogP contribution >= 0.6 is 11.6 Å². The first-order chi connectivity index (χ1) is 10.7. The molecule has 0 aliphatic heterocycles. The van der Waals surface area contributed by atoms with E-state index in [1.165, 1.54) is 0 Å². The molecule has 0 saturated carbocycles. The van der Waals surface area contributed by atoms with Crippen molar-refractivity contribution >= 4 is 28.2 Å². The van der Waals surface area contributed by atoms with Crippen molar-refractivity contribution < 1.29 is 5.11 Å². The summed E-state index contributed by atoms with van der Waals surface area (Å²) in [5.41, 5.74) is 3.50. The van der Waals surface area contributed by atoms with Crippen molar-refractivity contribution in [1.29, 1.82) is 0 Å². The normalized spacial score (nSPS) is 12.2. The molecule has 0 saturated heterocycles. The van der Waals surface area contributed by atoms with Crippen molar-refractivity contribution in [2.75, 3.05) is 6.61 Å². The van der Waals surface area contributed by atoms with E-state index in [0.717, 1.165) is 22.0 Å². The molecule has 0 bridgehead atoms. The van der Waals surface area contributed by atoms with Crippen LogP contribution in [0.25, 0.3) is 15.7 Å². The Hall–Kier alpha value is -2.28. The molecule has 110 valence electrons. The van der Waals surface area contributed by atoms with Gasteiger partial charge in [-0.1, -0.05) is 48.0 Å². The maximum Gasteiger partial charge on any atom is 0.211 e. The van der Waals surface area contributed by atoms with Gasteiger partial charge < -0.3 is 10.1 Å². The molecule has 0 fully saturated rings. The van der Waals surface area contributed by atoms with E-state index in [4.69, 9.17) is 18.2 Å². The summed E-state index contributed by atoms with van der Waals surface area (Å²) in [6, 6.07) is 14.0. The Morgan fingerprint density at radius 3 is 2.64 bits per heavy atom. The van der Waals surface area contributed by atoms with E-state index >= 15 is 0 Å². The first-order valence-corrected chi connectivity index (χ1v) is 7.46. The number of hydrogen-bond acceptors (Lipinski definition) is 1. The third-order valence-corrected chi connectivity index (χ3v) is 4.18. The molecular weight excluding hydrogens is 296 g/mol. The lowest BCUT2D eigenvalue weighted by Gasteiger charge is -2.18. The molecule has 3 aromatic rings. The Morgan fingerprint density at radius 1 is 1.18 bits per heavy atom. The summed E-state index contributed by atoms with van der Waals surface area (Å²) in [6.45, 7) is 7.35. The van der Waals surface area contributed by atoms with Gasteiger partial charge in [0.15, 0.2) is 0 Å². The lowest BCUT2D eigenvalue weighted by atomic mass is 9.88. The highest BCUT2D eigenvalue weighted by molar-refractivity contribution is 6.35. The number of aromatic amines is 1. The van der Waals surface area contributed by atoms with Gasteiger partial charge in [0.25, 0.3) is 0 Å². The molecule has 1 unspecified atom stereocenters. The number of hydrogen-bond donors (Lipinski definition) is 2. The zero-order valence-corrected chi connectivity index (χ0v) is 12.6. The predicted octanol–water partition coefficient (Wildman–Crippen LogP) is 4.89. The Bertz CT molecular complexity index is 833. The fraction of sp³-hybridized carbons (Fsp3) is 0.167. The fourth-order valence-corrected chi connectivity index (χ4v) is 3.11. The van der Waals surface area contributed by atoms with Gasteiger partial charge in [0.1, 0.15) is 0 Å². The van der Waals surface area contributed by atoms with Gasteiger partial charge >= 0.3 is 0 Å². The number of rotatable bonds is 4. The fourth-order valence-electron chi connectivity index (χ4n) is 2.83. The zero-order valence-electron chi connectivity index (χ0n) is 11.9. The molecule has 1 heterocycles. The van der Waals surface area contributed by atoms with Gasteiger partial charge in [0.2, 0.25) is 5.69 Å². The van der Waals surface area contributed by atoms with E-state index in [1.54, 1.807) is 6.20 Å². The number of halogens is 1. The van der Waals surface area contributed by atoms with E-state index in [2.05, 4.69) is 9.83 Å². The van der Waals surface area contributed by atoms with Gasteiger partial charge in [-0.15, -0.1) is 0 Å². The molecule has 0 aliphatic carbocycles. The molecule has 3 nitrogen and oxygen atoms in total. The molecule has 2 aromatic carbocycles.